The summed E-state index contributed by atoms with van der Waals surface area (Å²) in [6.45, 7) is 10.6. The van der Waals surface area contributed by atoms with Crippen molar-refractivity contribution in [3.8, 4) is 0 Å². The lowest BCUT2D eigenvalue weighted by atomic mass is 9.83. The Kier molecular flexibility index (Phi) is 2.97. The normalized spacial score (nSPS) is 33.2. The summed E-state index contributed by atoms with van der Waals surface area (Å²) in [6.07, 6.45) is 3.13. The van der Waals surface area contributed by atoms with Gasteiger partial charge in [0.15, 0.2) is 0 Å². The third-order valence-corrected chi connectivity index (χ3v) is 5.38. The molecule has 0 bridgehead atoms. The number of likely N-dealkylation sites (tertiary alicyclic amines) is 1. The Balaban J connectivity index is 1.64. The Bertz CT molecular complexity index is 403. The van der Waals surface area contributed by atoms with E-state index in [1.165, 1.54) is 36.1 Å². The van der Waals surface area contributed by atoms with Crippen LogP contribution in [0.2, 0.25) is 0 Å². The van der Waals surface area contributed by atoms with Gasteiger partial charge in [-0.15, -0.1) is 11.3 Å². The van der Waals surface area contributed by atoms with Gasteiger partial charge in [-0.1, -0.05) is 13.8 Å². The lowest BCUT2D eigenvalue weighted by Crippen LogP contribution is -2.29. The summed E-state index contributed by atoms with van der Waals surface area (Å²) in [6, 6.07) is 0. The molecule has 94 valence electrons. The minimum Gasteiger partial charge on any atom is -0.316 e. The molecule has 2 atom stereocenters. The van der Waals surface area contributed by atoms with Crippen LogP contribution in [-0.4, -0.2) is 36.1 Å². The van der Waals surface area contributed by atoms with Crippen LogP contribution in [0.4, 0.5) is 0 Å². The first-order valence-corrected chi connectivity index (χ1v) is 7.38. The first kappa shape index (κ1) is 11.6. The molecule has 1 aromatic heterocycles. The molecule has 2 saturated heterocycles. The van der Waals surface area contributed by atoms with Crippen molar-refractivity contribution in [2.75, 3.05) is 26.2 Å². The van der Waals surface area contributed by atoms with E-state index in [-0.39, 0.29) is 0 Å². The summed E-state index contributed by atoms with van der Waals surface area (Å²) in [5.74, 6) is 0.848. The van der Waals surface area contributed by atoms with Gasteiger partial charge in [0.25, 0.3) is 0 Å². The number of aryl methyl sites for hydroxylation is 1. The van der Waals surface area contributed by atoms with Crippen molar-refractivity contribution < 1.29 is 0 Å². The maximum Gasteiger partial charge on any atom is 0.0925 e. The smallest absolute Gasteiger partial charge is 0.0925 e. The number of hydrogen-bond acceptors (Lipinski definition) is 4. The third kappa shape index (κ3) is 2.14. The third-order valence-electron chi connectivity index (χ3n) is 4.25. The van der Waals surface area contributed by atoms with E-state index in [9.17, 15) is 0 Å². The van der Waals surface area contributed by atoms with Gasteiger partial charge in [-0.2, -0.15) is 0 Å². The zero-order valence-corrected chi connectivity index (χ0v) is 11.5. The first-order chi connectivity index (χ1) is 8.19. The minimum atomic E-state index is 0.512. The predicted octanol–water partition coefficient (Wildman–Crippen LogP) is 1.75. The molecule has 3 nitrogen and oxygen atoms in total. The number of aromatic nitrogens is 1. The summed E-state index contributed by atoms with van der Waals surface area (Å²) in [5, 5.41) is 4.80. The van der Waals surface area contributed by atoms with Crippen molar-refractivity contribution >= 4 is 11.3 Å². The Morgan fingerprint density at radius 1 is 1.65 bits per heavy atom. The number of nitrogens with zero attached hydrogens (tertiary/aromatic N) is 2. The van der Waals surface area contributed by atoms with Gasteiger partial charge in [-0.05, 0) is 24.3 Å². The van der Waals surface area contributed by atoms with E-state index in [0.717, 1.165) is 18.9 Å². The number of hydrogen-bond donors (Lipinski definition) is 1. The van der Waals surface area contributed by atoms with Crippen LogP contribution in [0.15, 0.2) is 6.20 Å². The van der Waals surface area contributed by atoms with E-state index in [2.05, 4.69) is 35.2 Å². The Hall–Kier alpha value is -0.450. The second-order valence-electron chi connectivity index (χ2n) is 5.73. The van der Waals surface area contributed by atoms with Crippen LogP contribution in [-0.2, 0) is 13.0 Å². The molecular formula is C13H21N3S. The van der Waals surface area contributed by atoms with E-state index in [1.54, 1.807) is 0 Å². The van der Waals surface area contributed by atoms with E-state index in [0.29, 0.717) is 5.41 Å². The largest absolute Gasteiger partial charge is 0.316 e. The SMILES string of the molecule is CCc1ncc(CN2C[C@@H]3CNC[C@]3(C)C2)s1. The summed E-state index contributed by atoms with van der Waals surface area (Å²) < 4.78 is 0. The lowest BCUT2D eigenvalue weighted by molar-refractivity contribution is 0.274. The van der Waals surface area contributed by atoms with Gasteiger partial charge in [0.1, 0.15) is 0 Å². The van der Waals surface area contributed by atoms with Gasteiger partial charge in [-0.25, -0.2) is 4.98 Å². The minimum absolute atomic E-state index is 0.512. The number of thiazole rings is 1. The molecule has 0 aliphatic carbocycles. The molecule has 0 spiro atoms. The highest BCUT2D eigenvalue weighted by Gasteiger charge is 2.45. The van der Waals surface area contributed by atoms with Crippen LogP contribution < -0.4 is 5.32 Å². The van der Waals surface area contributed by atoms with Crippen LogP contribution in [0.5, 0.6) is 0 Å². The highest BCUT2D eigenvalue weighted by Crippen LogP contribution is 2.39. The molecule has 0 amide bonds. The Labute approximate surface area is 107 Å². The van der Waals surface area contributed by atoms with Crippen LogP contribution >= 0.6 is 11.3 Å². The summed E-state index contributed by atoms with van der Waals surface area (Å²) in [5.41, 5.74) is 0.512. The predicted molar refractivity (Wildman–Crippen MR) is 71.2 cm³/mol. The average Bonchev–Trinajstić information content (AvgIpc) is 2.92. The highest BCUT2D eigenvalue weighted by atomic mass is 32.1. The van der Waals surface area contributed by atoms with Crippen molar-refractivity contribution in [1.29, 1.82) is 0 Å². The molecule has 4 heteroatoms. The lowest BCUT2D eigenvalue weighted by Gasteiger charge is -2.22. The number of rotatable bonds is 3. The van der Waals surface area contributed by atoms with Crippen molar-refractivity contribution in [2.45, 2.75) is 26.8 Å². The van der Waals surface area contributed by atoms with Gasteiger partial charge in [0, 0.05) is 37.3 Å². The topological polar surface area (TPSA) is 28.2 Å². The van der Waals surface area contributed by atoms with E-state index >= 15 is 0 Å². The quantitative estimate of drug-likeness (QED) is 0.887. The monoisotopic (exact) mass is 251 g/mol. The Morgan fingerprint density at radius 2 is 2.53 bits per heavy atom. The first-order valence-electron chi connectivity index (χ1n) is 6.56. The van der Waals surface area contributed by atoms with Gasteiger partial charge in [0.05, 0.1) is 5.01 Å². The molecular weight excluding hydrogens is 230 g/mol. The van der Waals surface area contributed by atoms with Gasteiger partial charge in [-0.3, -0.25) is 4.90 Å². The molecule has 0 saturated carbocycles. The van der Waals surface area contributed by atoms with Crippen LogP contribution in [0, 0.1) is 11.3 Å². The van der Waals surface area contributed by atoms with Crippen LogP contribution in [0.3, 0.4) is 0 Å². The zero-order valence-electron chi connectivity index (χ0n) is 10.7. The molecule has 2 aliphatic rings. The standard InChI is InChI=1S/C13H21N3S/c1-3-12-15-5-11(17-12)7-16-6-10-4-14-8-13(10,2)9-16/h5,10,14H,3-4,6-9H2,1-2H3/t10-,13+/m0/s1. The number of fused-ring (bicyclic) bond motifs is 1. The van der Waals surface area contributed by atoms with Gasteiger partial charge >= 0.3 is 0 Å². The molecule has 0 unspecified atom stereocenters. The summed E-state index contributed by atoms with van der Waals surface area (Å²) >= 11 is 1.88. The second kappa shape index (κ2) is 4.34. The van der Waals surface area contributed by atoms with Crippen molar-refractivity contribution in [3.05, 3.63) is 16.1 Å². The maximum absolute atomic E-state index is 4.45. The molecule has 2 aliphatic heterocycles. The average molecular weight is 251 g/mol. The van der Waals surface area contributed by atoms with Crippen molar-refractivity contribution in [3.63, 3.8) is 0 Å². The second-order valence-corrected chi connectivity index (χ2v) is 6.93. The molecule has 3 rings (SSSR count). The molecule has 3 heterocycles. The molecule has 0 radical (unpaired) electrons. The molecule has 1 N–H and O–H groups in total. The molecule has 1 aromatic rings. The fourth-order valence-corrected chi connectivity index (χ4v) is 4.11. The molecule has 17 heavy (non-hydrogen) atoms. The fourth-order valence-electron chi connectivity index (χ4n) is 3.21. The summed E-state index contributed by atoms with van der Waals surface area (Å²) in [7, 11) is 0. The molecule has 0 aromatic carbocycles. The highest BCUT2D eigenvalue weighted by molar-refractivity contribution is 7.11. The van der Waals surface area contributed by atoms with E-state index in [1.807, 2.05) is 11.3 Å². The van der Waals surface area contributed by atoms with Crippen LogP contribution in [0.1, 0.15) is 23.7 Å². The van der Waals surface area contributed by atoms with E-state index in [4.69, 9.17) is 0 Å². The van der Waals surface area contributed by atoms with E-state index < -0.39 is 0 Å². The van der Waals surface area contributed by atoms with Gasteiger partial charge in [0.2, 0.25) is 0 Å². The molecule has 2 fully saturated rings. The van der Waals surface area contributed by atoms with Gasteiger partial charge < -0.3 is 5.32 Å². The van der Waals surface area contributed by atoms with Crippen molar-refractivity contribution in [2.24, 2.45) is 11.3 Å². The Morgan fingerprint density at radius 3 is 3.24 bits per heavy atom. The number of nitrogens with one attached hydrogen (secondary N) is 1. The zero-order chi connectivity index (χ0) is 11.9. The van der Waals surface area contributed by atoms with Crippen molar-refractivity contribution in [1.82, 2.24) is 15.2 Å². The fraction of sp³-hybridized carbons (Fsp3) is 0.769. The maximum atomic E-state index is 4.45. The summed E-state index contributed by atoms with van der Waals surface area (Å²) in [4.78, 5) is 8.48. The van der Waals surface area contributed by atoms with Crippen LogP contribution in [0.25, 0.3) is 0 Å².